The molecule has 0 radical (unpaired) electrons. The van der Waals surface area contributed by atoms with Crippen molar-refractivity contribution in [1.29, 1.82) is 0 Å². The Morgan fingerprint density at radius 2 is 2.00 bits per heavy atom. The number of carbonyl (C=O) groups is 1. The van der Waals surface area contributed by atoms with Crippen LogP contribution in [0.25, 0.3) is 0 Å². The zero-order valence-corrected chi connectivity index (χ0v) is 12.3. The van der Waals surface area contributed by atoms with Crippen molar-refractivity contribution in [3.05, 3.63) is 29.8 Å². The summed E-state index contributed by atoms with van der Waals surface area (Å²) < 4.78 is 5.75. The number of carboxylic acid groups (broad SMARTS) is 1. The number of hydrogen-bond donors (Lipinski definition) is 2. The number of rotatable bonds is 7. The maximum absolute atomic E-state index is 11.8. The number of carboxylic acids is 1. The molecule has 0 aromatic heterocycles. The fourth-order valence-electron chi connectivity index (χ4n) is 2.50. The minimum absolute atomic E-state index is 0.105. The molecule has 1 aliphatic rings. The lowest BCUT2D eigenvalue weighted by atomic mass is 9.93. The van der Waals surface area contributed by atoms with E-state index in [0.717, 1.165) is 18.4 Å². The van der Waals surface area contributed by atoms with Gasteiger partial charge in [0.05, 0.1) is 0 Å². The third-order valence-corrected chi connectivity index (χ3v) is 3.69. The molecule has 1 aliphatic carbocycles. The Hall–Kier alpha value is -1.55. The van der Waals surface area contributed by atoms with Crippen LogP contribution in [0.2, 0.25) is 0 Å². The van der Waals surface area contributed by atoms with Crippen LogP contribution in [0, 0.1) is 12.8 Å². The zero-order valence-electron chi connectivity index (χ0n) is 12.3. The van der Waals surface area contributed by atoms with E-state index in [1.807, 2.05) is 45.0 Å². The number of aliphatic carboxylic acids is 1. The van der Waals surface area contributed by atoms with Crippen molar-refractivity contribution in [3.8, 4) is 5.75 Å². The largest absolute Gasteiger partial charge is 0.491 e. The fraction of sp³-hybridized carbons (Fsp3) is 0.562. The van der Waals surface area contributed by atoms with Crippen molar-refractivity contribution < 1.29 is 14.6 Å². The predicted molar refractivity (Wildman–Crippen MR) is 78.0 cm³/mol. The Balaban J connectivity index is 2.11. The van der Waals surface area contributed by atoms with E-state index in [2.05, 4.69) is 5.32 Å². The van der Waals surface area contributed by atoms with E-state index >= 15 is 0 Å². The summed E-state index contributed by atoms with van der Waals surface area (Å²) in [7, 11) is 0. The number of nitrogens with one attached hydrogen (secondary N) is 1. The van der Waals surface area contributed by atoms with Crippen molar-refractivity contribution >= 4 is 5.97 Å². The molecule has 2 N–H and O–H groups in total. The quantitative estimate of drug-likeness (QED) is 0.804. The fourth-order valence-corrected chi connectivity index (χ4v) is 2.50. The Morgan fingerprint density at radius 3 is 2.45 bits per heavy atom. The molecule has 0 amide bonds. The van der Waals surface area contributed by atoms with Gasteiger partial charge >= 0.3 is 5.97 Å². The Morgan fingerprint density at radius 1 is 1.40 bits per heavy atom. The SMILES string of the molecule is Cc1ccc(OCC(NC(C)C)(C(=O)O)C2CC2)cc1. The Kier molecular flexibility index (Phi) is 4.33. The molecule has 0 spiro atoms. The van der Waals surface area contributed by atoms with E-state index in [4.69, 9.17) is 4.74 Å². The van der Waals surface area contributed by atoms with E-state index in [1.54, 1.807) is 0 Å². The molecule has 1 atom stereocenters. The minimum atomic E-state index is -0.973. The van der Waals surface area contributed by atoms with Crippen molar-refractivity contribution in [2.24, 2.45) is 5.92 Å². The molecular weight excluding hydrogens is 254 g/mol. The van der Waals surface area contributed by atoms with E-state index in [1.165, 1.54) is 0 Å². The van der Waals surface area contributed by atoms with Gasteiger partial charge in [-0.1, -0.05) is 17.7 Å². The van der Waals surface area contributed by atoms with Gasteiger partial charge in [0, 0.05) is 6.04 Å². The zero-order chi connectivity index (χ0) is 14.8. The van der Waals surface area contributed by atoms with Crippen molar-refractivity contribution in [1.82, 2.24) is 5.32 Å². The van der Waals surface area contributed by atoms with E-state index in [9.17, 15) is 9.90 Å². The van der Waals surface area contributed by atoms with Crippen LogP contribution < -0.4 is 10.1 Å². The summed E-state index contributed by atoms with van der Waals surface area (Å²) in [6.45, 7) is 6.10. The van der Waals surface area contributed by atoms with Crippen LogP contribution in [0.15, 0.2) is 24.3 Å². The molecule has 0 aliphatic heterocycles. The van der Waals surface area contributed by atoms with Gasteiger partial charge in [-0.15, -0.1) is 0 Å². The molecule has 1 fully saturated rings. The summed E-state index contributed by atoms with van der Waals surface area (Å²) in [5, 5.41) is 12.9. The Bertz CT molecular complexity index is 465. The molecule has 4 nitrogen and oxygen atoms in total. The van der Waals surface area contributed by atoms with Gasteiger partial charge in [-0.3, -0.25) is 10.1 Å². The molecule has 0 heterocycles. The van der Waals surface area contributed by atoms with Crippen LogP contribution in [0.1, 0.15) is 32.3 Å². The van der Waals surface area contributed by atoms with Crippen LogP contribution in [-0.4, -0.2) is 29.3 Å². The topological polar surface area (TPSA) is 58.6 Å². The molecule has 20 heavy (non-hydrogen) atoms. The van der Waals surface area contributed by atoms with Gasteiger partial charge in [0.1, 0.15) is 12.4 Å². The molecule has 110 valence electrons. The maximum Gasteiger partial charge on any atom is 0.327 e. The van der Waals surface area contributed by atoms with Crippen molar-refractivity contribution in [2.75, 3.05) is 6.61 Å². The van der Waals surface area contributed by atoms with Crippen molar-refractivity contribution in [2.45, 2.75) is 45.2 Å². The van der Waals surface area contributed by atoms with Gasteiger partial charge < -0.3 is 9.84 Å². The second-order valence-corrected chi connectivity index (χ2v) is 5.95. The first-order valence-electron chi connectivity index (χ1n) is 7.14. The highest BCUT2D eigenvalue weighted by Crippen LogP contribution is 2.40. The third-order valence-electron chi connectivity index (χ3n) is 3.69. The highest BCUT2D eigenvalue weighted by molar-refractivity contribution is 5.80. The van der Waals surface area contributed by atoms with E-state index < -0.39 is 11.5 Å². The molecule has 0 bridgehead atoms. The first-order chi connectivity index (χ1) is 9.44. The average molecular weight is 277 g/mol. The lowest BCUT2D eigenvalue weighted by Crippen LogP contribution is -2.60. The molecule has 1 aromatic carbocycles. The summed E-state index contributed by atoms with van der Waals surface area (Å²) in [5.74, 6) is 0.0566. The van der Waals surface area contributed by atoms with Gasteiger partial charge in [0.15, 0.2) is 5.54 Å². The number of ether oxygens (including phenoxy) is 1. The molecule has 4 heteroatoms. The predicted octanol–water partition coefficient (Wildman–Crippen LogP) is 2.61. The second-order valence-electron chi connectivity index (χ2n) is 5.95. The van der Waals surface area contributed by atoms with E-state index in [0.29, 0.717) is 5.75 Å². The summed E-state index contributed by atoms with van der Waals surface area (Å²) in [5.41, 5.74) is 0.184. The van der Waals surface area contributed by atoms with Crippen LogP contribution >= 0.6 is 0 Å². The van der Waals surface area contributed by atoms with Crippen LogP contribution in [0.5, 0.6) is 5.75 Å². The highest BCUT2D eigenvalue weighted by atomic mass is 16.5. The first-order valence-corrected chi connectivity index (χ1v) is 7.14. The summed E-state index contributed by atoms with van der Waals surface area (Å²) in [6.07, 6.45) is 1.90. The van der Waals surface area contributed by atoms with Gasteiger partial charge in [-0.2, -0.15) is 0 Å². The molecule has 0 saturated heterocycles. The molecule has 1 saturated carbocycles. The number of aryl methyl sites for hydroxylation is 1. The minimum Gasteiger partial charge on any atom is -0.491 e. The normalized spacial score (nSPS) is 17.8. The third kappa shape index (κ3) is 3.31. The summed E-state index contributed by atoms with van der Waals surface area (Å²) >= 11 is 0. The highest BCUT2D eigenvalue weighted by Gasteiger charge is 2.52. The van der Waals surface area contributed by atoms with Crippen LogP contribution in [0.4, 0.5) is 0 Å². The van der Waals surface area contributed by atoms with Gasteiger partial charge in [0.2, 0.25) is 0 Å². The van der Waals surface area contributed by atoms with Gasteiger partial charge in [0.25, 0.3) is 0 Å². The molecular formula is C16H23NO3. The number of hydrogen-bond acceptors (Lipinski definition) is 3. The molecule has 1 unspecified atom stereocenters. The number of benzene rings is 1. The van der Waals surface area contributed by atoms with E-state index in [-0.39, 0.29) is 18.6 Å². The summed E-state index contributed by atoms with van der Waals surface area (Å²) in [6, 6.07) is 7.79. The van der Waals surface area contributed by atoms with Crippen molar-refractivity contribution in [3.63, 3.8) is 0 Å². The Labute approximate surface area is 120 Å². The standard InChI is InChI=1S/C16H23NO3/c1-11(2)17-16(15(18)19,13-6-7-13)10-20-14-8-4-12(3)5-9-14/h4-5,8-9,11,13,17H,6-7,10H2,1-3H3,(H,18,19). The maximum atomic E-state index is 11.8. The average Bonchev–Trinajstić information content (AvgIpc) is 3.20. The van der Waals surface area contributed by atoms with Gasteiger partial charge in [-0.25, -0.2) is 0 Å². The second kappa shape index (κ2) is 5.83. The summed E-state index contributed by atoms with van der Waals surface area (Å²) in [4.78, 5) is 11.8. The lowest BCUT2D eigenvalue weighted by molar-refractivity contribution is -0.148. The lowest BCUT2D eigenvalue weighted by Gasteiger charge is -2.32. The molecule has 1 aromatic rings. The first kappa shape index (κ1) is 14.9. The van der Waals surface area contributed by atoms with Crippen LogP contribution in [-0.2, 0) is 4.79 Å². The monoisotopic (exact) mass is 277 g/mol. The van der Waals surface area contributed by atoms with Gasteiger partial charge in [-0.05, 0) is 51.7 Å². The van der Waals surface area contributed by atoms with Crippen LogP contribution in [0.3, 0.4) is 0 Å². The smallest absolute Gasteiger partial charge is 0.327 e. The molecule has 2 rings (SSSR count).